The molecule has 0 aliphatic rings. The van der Waals surface area contributed by atoms with E-state index in [4.69, 9.17) is 10.5 Å². The van der Waals surface area contributed by atoms with Crippen molar-refractivity contribution >= 4 is 22.7 Å². The number of hydrogen-bond donors (Lipinski definition) is 2. The molecule has 0 atom stereocenters. The summed E-state index contributed by atoms with van der Waals surface area (Å²) in [6.45, 7) is 2.15. The van der Waals surface area contributed by atoms with Gasteiger partial charge in [0.05, 0.1) is 11.5 Å². The van der Waals surface area contributed by atoms with Gasteiger partial charge in [0.25, 0.3) is 5.69 Å². The second-order valence-corrected chi connectivity index (χ2v) is 4.23. The van der Waals surface area contributed by atoms with E-state index in [-0.39, 0.29) is 17.1 Å². The van der Waals surface area contributed by atoms with Gasteiger partial charge in [-0.1, -0.05) is 0 Å². The Labute approximate surface area is 120 Å². The second-order valence-electron chi connectivity index (χ2n) is 4.23. The number of hydrogen-bond acceptors (Lipinski definition) is 5. The number of nitrogens with zero attached hydrogens (tertiary/aromatic N) is 1. The van der Waals surface area contributed by atoms with Crippen LogP contribution in [-0.4, -0.2) is 11.5 Å². The topological polar surface area (TPSA) is 90.4 Å². The minimum absolute atomic E-state index is 0.0383. The van der Waals surface area contributed by atoms with Gasteiger partial charge in [-0.3, -0.25) is 10.1 Å². The number of ether oxygens (including phenoxy) is 1. The summed E-state index contributed by atoms with van der Waals surface area (Å²) >= 11 is 0. The van der Waals surface area contributed by atoms with Gasteiger partial charge >= 0.3 is 0 Å². The van der Waals surface area contributed by atoms with Crippen molar-refractivity contribution < 1.29 is 14.1 Å². The molecule has 0 saturated heterocycles. The molecular weight excluding hydrogens is 277 g/mol. The van der Waals surface area contributed by atoms with Gasteiger partial charge in [-0.2, -0.15) is 0 Å². The second kappa shape index (κ2) is 6.08. The summed E-state index contributed by atoms with van der Waals surface area (Å²) < 4.78 is 18.8. The molecule has 3 N–H and O–H groups in total. The molecule has 0 aromatic heterocycles. The molecule has 6 nitrogen and oxygen atoms in total. The van der Waals surface area contributed by atoms with Crippen LogP contribution in [0.4, 0.5) is 27.1 Å². The van der Waals surface area contributed by atoms with Crippen molar-refractivity contribution in [3.05, 3.63) is 52.3 Å². The Morgan fingerprint density at radius 3 is 2.52 bits per heavy atom. The number of halogens is 1. The summed E-state index contributed by atoms with van der Waals surface area (Å²) in [5.41, 5.74) is 6.48. The highest BCUT2D eigenvalue weighted by Gasteiger charge is 2.11. The molecule has 0 amide bonds. The van der Waals surface area contributed by atoms with Crippen molar-refractivity contribution in [1.82, 2.24) is 0 Å². The molecule has 0 spiro atoms. The lowest BCUT2D eigenvalue weighted by atomic mass is 10.2. The normalized spacial score (nSPS) is 10.2. The average Bonchev–Trinajstić information content (AvgIpc) is 2.41. The molecule has 0 heterocycles. The van der Waals surface area contributed by atoms with Crippen molar-refractivity contribution in [2.45, 2.75) is 6.92 Å². The molecule has 0 radical (unpaired) electrons. The highest BCUT2D eigenvalue weighted by Crippen LogP contribution is 2.28. The fraction of sp³-hybridized carbons (Fsp3) is 0.143. The molecule has 2 aromatic carbocycles. The van der Waals surface area contributed by atoms with Crippen LogP contribution in [0, 0.1) is 15.9 Å². The van der Waals surface area contributed by atoms with Crippen LogP contribution < -0.4 is 15.8 Å². The molecular formula is C14H14FN3O3. The molecule has 0 unspecified atom stereocenters. The summed E-state index contributed by atoms with van der Waals surface area (Å²) in [5, 5.41) is 13.6. The van der Waals surface area contributed by atoms with Crippen LogP contribution >= 0.6 is 0 Å². The van der Waals surface area contributed by atoms with E-state index in [0.29, 0.717) is 18.0 Å². The van der Waals surface area contributed by atoms with E-state index in [2.05, 4.69) is 5.32 Å². The zero-order chi connectivity index (χ0) is 15.4. The third kappa shape index (κ3) is 3.38. The third-order valence-electron chi connectivity index (χ3n) is 2.74. The molecule has 0 aliphatic carbocycles. The van der Waals surface area contributed by atoms with Gasteiger partial charge in [-0.05, 0) is 31.2 Å². The summed E-state index contributed by atoms with van der Waals surface area (Å²) in [4.78, 5) is 10.1. The Morgan fingerprint density at radius 2 is 1.95 bits per heavy atom. The fourth-order valence-electron chi connectivity index (χ4n) is 1.82. The predicted octanol–water partition coefficient (Wildman–Crippen LogP) is 3.46. The zero-order valence-corrected chi connectivity index (χ0v) is 11.3. The minimum atomic E-state index is -0.560. The maximum atomic E-state index is 13.7. The first-order chi connectivity index (χ1) is 10.0. The van der Waals surface area contributed by atoms with E-state index in [9.17, 15) is 14.5 Å². The van der Waals surface area contributed by atoms with Gasteiger partial charge in [-0.25, -0.2) is 4.39 Å². The van der Waals surface area contributed by atoms with Crippen LogP contribution in [0.15, 0.2) is 36.4 Å². The highest BCUT2D eigenvalue weighted by atomic mass is 19.1. The monoisotopic (exact) mass is 291 g/mol. The summed E-state index contributed by atoms with van der Waals surface area (Å²) in [6, 6.07) is 8.65. The van der Waals surface area contributed by atoms with Crippen molar-refractivity contribution in [3.63, 3.8) is 0 Å². The molecule has 2 aromatic rings. The lowest BCUT2D eigenvalue weighted by Crippen LogP contribution is -1.99. The zero-order valence-electron chi connectivity index (χ0n) is 11.3. The number of nitro groups is 1. The van der Waals surface area contributed by atoms with E-state index in [0.717, 1.165) is 0 Å². The Bertz CT molecular complexity index is 677. The maximum absolute atomic E-state index is 13.7. The van der Waals surface area contributed by atoms with E-state index in [1.807, 2.05) is 0 Å². The maximum Gasteiger partial charge on any atom is 0.292 e. The van der Waals surface area contributed by atoms with Gasteiger partial charge in [0, 0.05) is 23.5 Å². The summed E-state index contributed by atoms with van der Waals surface area (Å²) in [6.07, 6.45) is 0. The van der Waals surface area contributed by atoms with Crippen LogP contribution in [-0.2, 0) is 0 Å². The fourth-order valence-corrected chi connectivity index (χ4v) is 1.82. The van der Waals surface area contributed by atoms with E-state index < -0.39 is 10.7 Å². The first-order valence-electron chi connectivity index (χ1n) is 6.24. The van der Waals surface area contributed by atoms with E-state index in [1.165, 1.54) is 30.3 Å². The van der Waals surface area contributed by atoms with E-state index >= 15 is 0 Å². The molecule has 7 heteroatoms. The van der Waals surface area contributed by atoms with Crippen LogP contribution in [0.25, 0.3) is 0 Å². The molecule has 0 bridgehead atoms. The van der Waals surface area contributed by atoms with Gasteiger partial charge in [0.1, 0.15) is 5.69 Å². The SMILES string of the molecule is CCOc1ccc(Nc2ccc([N+](=O)[O-])c(N)c2)cc1F. The molecule has 0 aliphatic heterocycles. The first kappa shape index (κ1) is 14.6. The molecule has 21 heavy (non-hydrogen) atoms. The number of anilines is 3. The lowest BCUT2D eigenvalue weighted by Gasteiger charge is -2.10. The number of nitrogens with two attached hydrogens (primary N) is 1. The van der Waals surface area contributed by atoms with Gasteiger partial charge < -0.3 is 15.8 Å². The van der Waals surface area contributed by atoms with Gasteiger partial charge in [-0.15, -0.1) is 0 Å². The minimum Gasteiger partial charge on any atom is -0.491 e. The third-order valence-corrected chi connectivity index (χ3v) is 2.74. The Kier molecular flexibility index (Phi) is 4.22. The Morgan fingerprint density at radius 1 is 1.29 bits per heavy atom. The number of nitrogens with one attached hydrogen (secondary N) is 1. The summed E-state index contributed by atoms with van der Waals surface area (Å²) in [7, 11) is 0. The van der Waals surface area contributed by atoms with Crippen LogP contribution in [0.1, 0.15) is 6.92 Å². The highest BCUT2D eigenvalue weighted by molar-refractivity contribution is 5.70. The smallest absolute Gasteiger partial charge is 0.292 e. The van der Waals surface area contributed by atoms with Crippen molar-refractivity contribution in [3.8, 4) is 5.75 Å². The Hall–Kier alpha value is -2.83. The molecule has 0 fully saturated rings. The van der Waals surface area contributed by atoms with E-state index in [1.54, 1.807) is 13.0 Å². The first-order valence-corrected chi connectivity index (χ1v) is 6.24. The number of nitro benzene ring substituents is 1. The predicted molar refractivity (Wildman–Crippen MR) is 78.4 cm³/mol. The number of rotatable bonds is 5. The van der Waals surface area contributed by atoms with Crippen molar-refractivity contribution in [1.29, 1.82) is 0 Å². The van der Waals surface area contributed by atoms with Crippen LogP contribution in [0.3, 0.4) is 0 Å². The van der Waals surface area contributed by atoms with Gasteiger partial charge in [0.2, 0.25) is 0 Å². The molecule has 2 rings (SSSR count). The lowest BCUT2D eigenvalue weighted by molar-refractivity contribution is -0.383. The van der Waals surface area contributed by atoms with Crippen molar-refractivity contribution in [2.75, 3.05) is 17.7 Å². The molecule has 110 valence electrons. The molecule has 0 saturated carbocycles. The Balaban J connectivity index is 2.20. The average molecular weight is 291 g/mol. The number of benzene rings is 2. The van der Waals surface area contributed by atoms with Gasteiger partial charge in [0.15, 0.2) is 11.6 Å². The van der Waals surface area contributed by atoms with Crippen molar-refractivity contribution in [2.24, 2.45) is 0 Å². The van der Waals surface area contributed by atoms with Crippen LogP contribution in [0.2, 0.25) is 0 Å². The van der Waals surface area contributed by atoms with Crippen LogP contribution in [0.5, 0.6) is 5.75 Å². The standard InChI is InChI=1S/C14H14FN3O3/c1-2-21-14-6-4-9(7-11(14)15)17-10-3-5-13(18(19)20)12(16)8-10/h3-8,17H,2,16H2,1H3. The number of nitrogen functional groups attached to an aromatic ring is 1. The quantitative estimate of drug-likeness (QED) is 0.500. The largest absolute Gasteiger partial charge is 0.491 e. The summed E-state index contributed by atoms with van der Waals surface area (Å²) in [5.74, 6) is -0.317.